The lowest BCUT2D eigenvalue weighted by molar-refractivity contribution is -0.122. The maximum Gasteiger partial charge on any atom is 0.242 e. The fourth-order valence-electron chi connectivity index (χ4n) is 2.10. The molecule has 21 heavy (non-hydrogen) atoms. The average molecular weight is 288 g/mol. The number of nitrogens with zero attached hydrogens (tertiary/aromatic N) is 2. The normalized spacial score (nSPS) is 10.4. The van der Waals surface area contributed by atoms with Gasteiger partial charge in [0.25, 0.3) is 0 Å². The first-order chi connectivity index (χ1) is 10.0. The molecule has 0 fully saturated rings. The summed E-state index contributed by atoms with van der Waals surface area (Å²) in [5.74, 6) is 0.639. The number of carbonyl (C=O) groups excluding carboxylic acids is 1. The number of nitrogens with one attached hydrogen (secondary N) is 1. The molecule has 6 heteroatoms. The van der Waals surface area contributed by atoms with Crippen LogP contribution in [-0.2, 0) is 17.9 Å². The van der Waals surface area contributed by atoms with Crippen molar-refractivity contribution in [2.45, 2.75) is 26.9 Å². The zero-order valence-corrected chi connectivity index (χ0v) is 12.5. The molecule has 0 saturated heterocycles. The highest BCUT2D eigenvalue weighted by Crippen LogP contribution is 2.17. The van der Waals surface area contributed by atoms with Gasteiger partial charge in [-0.3, -0.25) is 9.48 Å². The Labute approximate surface area is 123 Å². The van der Waals surface area contributed by atoms with Crippen molar-refractivity contribution >= 4 is 11.6 Å². The molecule has 3 N–H and O–H groups in total. The first-order valence-electron chi connectivity index (χ1n) is 6.71. The van der Waals surface area contributed by atoms with E-state index in [2.05, 4.69) is 10.4 Å². The Morgan fingerprint density at radius 1 is 1.38 bits per heavy atom. The Morgan fingerprint density at radius 3 is 2.71 bits per heavy atom. The molecular weight excluding hydrogens is 268 g/mol. The molecule has 6 nitrogen and oxygen atoms in total. The van der Waals surface area contributed by atoms with Gasteiger partial charge in [0.05, 0.1) is 24.2 Å². The lowest BCUT2D eigenvalue weighted by Crippen LogP contribution is -2.28. The maximum atomic E-state index is 12.0. The number of hydrogen-bond acceptors (Lipinski definition) is 4. The molecular formula is C15H20N4O2. The standard InChI is InChI=1S/C15H20N4O2/c1-10-15(16)11(2)19(18-10)9-14(20)17-8-12-6-4-5-7-13(12)21-3/h4-7H,8-9,16H2,1-3H3,(H,17,20). The number of anilines is 1. The molecule has 2 aromatic rings. The number of nitrogen functional groups attached to an aromatic ring is 1. The van der Waals surface area contributed by atoms with Crippen LogP contribution in [0, 0.1) is 13.8 Å². The highest BCUT2D eigenvalue weighted by molar-refractivity contribution is 5.76. The van der Waals surface area contributed by atoms with Crippen LogP contribution in [0.4, 0.5) is 5.69 Å². The summed E-state index contributed by atoms with van der Waals surface area (Å²) in [6.45, 7) is 4.24. The van der Waals surface area contributed by atoms with E-state index in [4.69, 9.17) is 10.5 Å². The van der Waals surface area contributed by atoms with Gasteiger partial charge in [0.2, 0.25) is 5.91 Å². The van der Waals surface area contributed by atoms with E-state index < -0.39 is 0 Å². The van der Waals surface area contributed by atoms with Gasteiger partial charge in [-0.1, -0.05) is 18.2 Å². The Balaban J connectivity index is 1.97. The van der Waals surface area contributed by atoms with E-state index in [1.54, 1.807) is 11.8 Å². The van der Waals surface area contributed by atoms with Gasteiger partial charge in [0, 0.05) is 12.1 Å². The second kappa shape index (κ2) is 6.30. The van der Waals surface area contributed by atoms with Crippen LogP contribution >= 0.6 is 0 Å². The van der Waals surface area contributed by atoms with E-state index in [9.17, 15) is 4.79 Å². The third-order valence-corrected chi connectivity index (χ3v) is 3.40. The molecule has 0 saturated carbocycles. The molecule has 0 aliphatic carbocycles. The van der Waals surface area contributed by atoms with Gasteiger partial charge in [0.15, 0.2) is 0 Å². The predicted octanol–water partition coefficient (Wildman–Crippen LogP) is 1.41. The minimum absolute atomic E-state index is 0.119. The Hall–Kier alpha value is -2.50. The van der Waals surface area contributed by atoms with E-state index in [1.807, 2.05) is 38.1 Å². The van der Waals surface area contributed by atoms with Crippen LogP contribution in [0.15, 0.2) is 24.3 Å². The van der Waals surface area contributed by atoms with Crippen LogP contribution in [0.1, 0.15) is 17.0 Å². The van der Waals surface area contributed by atoms with E-state index in [1.165, 1.54) is 0 Å². The Morgan fingerprint density at radius 2 is 2.10 bits per heavy atom. The Kier molecular flexibility index (Phi) is 4.47. The van der Waals surface area contributed by atoms with Crippen molar-refractivity contribution in [3.63, 3.8) is 0 Å². The third-order valence-electron chi connectivity index (χ3n) is 3.40. The summed E-state index contributed by atoms with van der Waals surface area (Å²) in [6.07, 6.45) is 0. The SMILES string of the molecule is COc1ccccc1CNC(=O)Cn1nc(C)c(N)c1C. The molecule has 0 unspecified atom stereocenters. The molecule has 1 aromatic heterocycles. The van der Waals surface area contributed by atoms with Crippen molar-refractivity contribution in [3.05, 3.63) is 41.2 Å². The van der Waals surface area contributed by atoms with E-state index in [0.717, 1.165) is 22.7 Å². The summed E-state index contributed by atoms with van der Waals surface area (Å²) in [5, 5.41) is 7.10. The van der Waals surface area contributed by atoms with Gasteiger partial charge in [-0.05, 0) is 19.9 Å². The van der Waals surface area contributed by atoms with Gasteiger partial charge >= 0.3 is 0 Å². The summed E-state index contributed by atoms with van der Waals surface area (Å²) in [6, 6.07) is 7.58. The lowest BCUT2D eigenvalue weighted by Gasteiger charge is -2.10. The van der Waals surface area contributed by atoms with Gasteiger partial charge in [-0.25, -0.2) is 0 Å². The first-order valence-corrected chi connectivity index (χ1v) is 6.71. The van der Waals surface area contributed by atoms with Crippen LogP contribution in [0.3, 0.4) is 0 Å². The molecule has 112 valence electrons. The van der Waals surface area contributed by atoms with Crippen molar-refractivity contribution < 1.29 is 9.53 Å². The van der Waals surface area contributed by atoms with E-state index >= 15 is 0 Å². The van der Waals surface area contributed by atoms with E-state index in [-0.39, 0.29) is 12.5 Å². The third kappa shape index (κ3) is 3.34. The van der Waals surface area contributed by atoms with Crippen molar-refractivity contribution in [1.82, 2.24) is 15.1 Å². The van der Waals surface area contributed by atoms with Gasteiger partial charge < -0.3 is 15.8 Å². The largest absolute Gasteiger partial charge is 0.496 e. The molecule has 0 radical (unpaired) electrons. The Bertz CT molecular complexity index is 649. The smallest absolute Gasteiger partial charge is 0.242 e. The lowest BCUT2D eigenvalue weighted by atomic mass is 10.2. The minimum atomic E-state index is -0.119. The number of amides is 1. The molecule has 0 atom stereocenters. The van der Waals surface area contributed by atoms with Crippen molar-refractivity contribution in [1.29, 1.82) is 0 Å². The molecule has 2 rings (SSSR count). The number of aromatic nitrogens is 2. The number of carbonyl (C=O) groups is 1. The van der Waals surface area contributed by atoms with Crippen LogP contribution < -0.4 is 15.8 Å². The van der Waals surface area contributed by atoms with Gasteiger partial charge in [0.1, 0.15) is 12.3 Å². The van der Waals surface area contributed by atoms with Crippen molar-refractivity contribution in [2.24, 2.45) is 0 Å². The molecule has 0 bridgehead atoms. The zero-order valence-electron chi connectivity index (χ0n) is 12.5. The summed E-state index contributed by atoms with van der Waals surface area (Å²) >= 11 is 0. The number of methoxy groups -OCH3 is 1. The predicted molar refractivity (Wildman–Crippen MR) is 81.0 cm³/mol. The highest BCUT2D eigenvalue weighted by atomic mass is 16.5. The number of ether oxygens (including phenoxy) is 1. The van der Waals surface area contributed by atoms with Crippen LogP contribution in [0.2, 0.25) is 0 Å². The molecule has 1 heterocycles. The zero-order chi connectivity index (χ0) is 15.4. The molecule has 0 aliphatic rings. The molecule has 1 aromatic carbocycles. The number of hydrogen-bond donors (Lipinski definition) is 2. The monoisotopic (exact) mass is 288 g/mol. The quantitative estimate of drug-likeness (QED) is 0.871. The highest BCUT2D eigenvalue weighted by Gasteiger charge is 2.11. The fraction of sp³-hybridized carbons (Fsp3) is 0.333. The average Bonchev–Trinajstić information content (AvgIpc) is 2.72. The second-order valence-electron chi connectivity index (χ2n) is 4.83. The van der Waals surface area contributed by atoms with Crippen LogP contribution in [0.25, 0.3) is 0 Å². The second-order valence-corrected chi connectivity index (χ2v) is 4.83. The van der Waals surface area contributed by atoms with Crippen molar-refractivity contribution in [3.8, 4) is 5.75 Å². The fourth-order valence-corrected chi connectivity index (χ4v) is 2.10. The minimum Gasteiger partial charge on any atom is -0.496 e. The summed E-state index contributed by atoms with van der Waals surface area (Å²) in [7, 11) is 1.61. The number of benzene rings is 1. The first kappa shape index (κ1) is 14.9. The van der Waals surface area contributed by atoms with E-state index in [0.29, 0.717) is 12.2 Å². The molecule has 0 aliphatic heterocycles. The summed E-state index contributed by atoms with van der Waals surface area (Å²) in [5.41, 5.74) is 8.96. The van der Waals surface area contributed by atoms with Gasteiger partial charge in [-0.2, -0.15) is 5.10 Å². The topological polar surface area (TPSA) is 82.2 Å². The number of rotatable bonds is 5. The molecule has 1 amide bonds. The number of para-hydroxylation sites is 1. The van der Waals surface area contributed by atoms with Gasteiger partial charge in [-0.15, -0.1) is 0 Å². The molecule has 0 spiro atoms. The number of aryl methyl sites for hydroxylation is 1. The summed E-state index contributed by atoms with van der Waals surface area (Å²) in [4.78, 5) is 12.0. The maximum absolute atomic E-state index is 12.0. The van der Waals surface area contributed by atoms with Crippen LogP contribution in [-0.4, -0.2) is 22.8 Å². The number of nitrogens with two attached hydrogens (primary N) is 1. The summed E-state index contributed by atoms with van der Waals surface area (Å²) < 4.78 is 6.86. The van der Waals surface area contributed by atoms with Crippen LogP contribution in [0.5, 0.6) is 5.75 Å². The van der Waals surface area contributed by atoms with Crippen molar-refractivity contribution in [2.75, 3.05) is 12.8 Å².